The van der Waals surface area contributed by atoms with Crippen molar-refractivity contribution in [2.75, 3.05) is 50.5 Å². The van der Waals surface area contributed by atoms with Crippen LogP contribution in [-0.4, -0.2) is 70.3 Å². The molecule has 0 aliphatic carbocycles. The number of fused-ring (bicyclic) bond motifs is 1. The lowest BCUT2D eigenvalue weighted by Gasteiger charge is -2.31. The molecule has 0 saturated carbocycles. The molecule has 1 unspecified atom stereocenters. The zero-order valence-corrected chi connectivity index (χ0v) is 19.3. The van der Waals surface area contributed by atoms with Crippen LogP contribution in [0.25, 0.3) is 11.2 Å². The van der Waals surface area contributed by atoms with E-state index in [0.717, 1.165) is 57.0 Å². The fourth-order valence-corrected chi connectivity index (χ4v) is 4.25. The van der Waals surface area contributed by atoms with E-state index in [1.807, 2.05) is 36.9 Å². The van der Waals surface area contributed by atoms with Crippen molar-refractivity contribution in [2.24, 2.45) is 12.8 Å². The van der Waals surface area contributed by atoms with E-state index in [2.05, 4.69) is 27.2 Å². The first kappa shape index (κ1) is 22.3. The molecule has 3 heterocycles. The molecule has 3 N–H and O–H groups in total. The highest BCUT2D eigenvalue weighted by atomic mass is 16.1. The second-order valence-electron chi connectivity index (χ2n) is 8.89. The van der Waals surface area contributed by atoms with E-state index in [0.29, 0.717) is 23.7 Å². The molecule has 3 aromatic rings. The molecule has 2 aromatic heterocycles. The Hall–Kier alpha value is -2.91. The third-order valence-corrected chi connectivity index (χ3v) is 5.96. The molecule has 1 saturated heterocycles. The maximum Gasteiger partial charge on any atom is 0.281 e. The van der Waals surface area contributed by atoms with Crippen LogP contribution in [0.1, 0.15) is 24.8 Å². The first-order valence-electron chi connectivity index (χ1n) is 11.3. The molecule has 0 amide bonds. The van der Waals surface area contributed by atoms with Gasteiger partial charge in [-0.25, -0.2) is 0 Å². The number of aromatic nitrogens is 4. The van der Waals surface area contributed by atoms with E-state index < -0.39 is 0 Å². The number of anilines is 2. The summed E-state index contributed by atoms with van der Waals surface area (Å²) in [5.41, 5.74) is 8.28. The van der Waals surface area contributed by atoms with Crippen LogP contribution in [0.15, 0.2) is 35.1 Å². The minimum Gasteiger partial charge on any atom is -0.355 e. The fraction of sp³-hybridized carbons (Fsp3) is 0.522. The summed E-state index contributed by atoms with van der Waals surface area (Å²) in [7, 11) is 5.86. The lowest BCUT2D eigenvalue weighted by atomic mass is 10.1. The summed E-state index contributed by atoms with van der Waals surface area (Å²) < 4.78 is 3.60. The van der Waals surface area contributed by atoms with Gasteiger partial charge in [0.05, 0.1) is 6.54 Å². The Morgan fingerprint density at radius 2 is 2.00 bits per heavy atom. The van der Waals surface area contributed by atoms with E-state index in [1.165, 1.54) is 0 Å². The predicted octanol–water partition coefficient (Wildman–Crippen LogP) is 1.47. The van der Waals surface area contributed by atoms with Crippen LogP contribution in [0, 0.1) is 0 Å². The van der Waals surface area contributed by atoms with E-state index in [1.54, 1.807) is 11.6 Å². The standard InChI is InChI=1S/C23H34N8O/c1-28(2)13-8-12-25-22-26-20-19(21(32)29(22)3)31(15-17-9-5-4-6-10-17)23(27-20)30-14-7-11-18(24)16-30/h4-6,9-10,18H,7-8,11-16,24H2,1-3H3,(H,25,26). The van der Waals surface area contributed by atoms with Crippen LogP contribution in [0.2, 0.25) is 0 Å². The van der Waals surface area contributed by atoms with E-state index in [9.17, 15) is 4.79 Å². The zero-order chi connectivity index (χ0) is 22.7. The summed E-state index contributed by atoms with van der Waals surface area (Å²) >= 11 is 0. The van der Waals surface area contributed by atoms with Gasteiger partial charge in [0.25, 0.3) is 5.56 Å². The molecule has 1 fully saturated rings. The van der Waals surface area contributed by atoms with Gasteiger partial charge in [0, 0.05) is 32.7 Å². The highest BCUT2D eigenvalue weighted by Gasteiger charge is 2.25. The van der Waals surface area contributed by atoms with Gasteiger partial charge in [-0.1, -0.05) is 30.3 Å². The monoisotopic (exact) mass is 438 g/mol. The van der Waals surface area contributed by atoms with E-state index in [-0.39, 0.29) is 11.6 Å². The lowest BCUT2D eigenvalue weighted by molar-refractivity contribution is 0.405. The van der Waals surface area contributed by atoms with Gasteiger partial charge in [0.15, 0.2) is 11.2 Å². The summed E-state index contributed by atoms with van der Waals surface area (Å²) in [4.78, 5) is 27.4. The van der Waals surface area contributed by atoms with Gasteiger partial charge in [-0.3, -0.25) is 13.9 Å². The molecule has 1 atom stereocenters. The van der Waals surface area contributed by atoms with Crippen molar-refractivity contribution in [2.45, 2.75) is 31.8 Å². The Kier molecular flexibility index (Phi) is 6.76. The SMILES string of the molecule is CN(C)CCCNc1nc2nc(N3CCCC(N)C3)n(Cc3ccccc3)c2c(=O)n1C. The smallest absolute Gasteiger partial charge is 0.281 e. The Morgan fingerprint density at radius 3 is 2.72 bits per heavy atom. The van der Waals surface area contributed by atoms with Gasteiger partial charge >= 0.3 is 0 Å². The number of benzene rings is 1. The Balaban J connectivity index is 1.74. The van der Waals surface area contributed by atoms with Gasteiger partial charge in [-0.05, 0) is 45.5 Å². The number of imidazole rings is 1. The van der Waals surface area contributed by atoms with Gasteiger partial charge in [0.2, 0.25) is 11.9 Å². The molecule has 1 aliphatic heterocycles. The molecule has 0 bridgehead atoms. The van der Waals surface area contributed by atoms with E-state index in [4.69, 9.17) is 15.7 Å². The molecule has 9 heteroatoms. The molecule has 9 nitrogen and oxygen atoms in total. The predicted molar refractivity (Wildman–Crippen MR) is 129 cm³/mol. The van der Waals surface area contributed by atoms with Crippen LogP contribution >= 0.6 is 0 Å². The molecule has 1 aliphatic rings. The van der Waals surface area contributed by atoms with Crippen LogP contribution in [0.3, 0.4) is 0 Å². The Bertz CT molecular complexity index is 1100. The number of nitrogens with zero attached hydrogens (tertiary/aromatic N) is 6. The van der Waals surface area contributed by atoms with Crippen molar-refractivity contribution in [3.8, 4) is 0 Å². The Labute approximate surface area is 188 Å². The van der Waals surface area contributed by atoms with Crippen molar-refractivity contribution in [3.63, 3.8) is 0 Å². The average molecular weight is 439 g/mol. The quantitative estimate of drug-likeness (QED) is 0.514. The summed E-state index contributed by atoms with van der Waals surface area (Å²) in [5.74, 6) is 1.32. The number of nitrogens with two attached hydrogens (primary N) is 1. The summed E-state index contributed by atoms with van der Waals surface area (Å²) in [5, 5.41) is 3.31. The zero-order valence-electron chi connectivity index (χ0n) is 19.3. The van der Waals surface area contributed by atoms with Gasteiger partial charge < -0.3 is 20.9 Å². The average Bonchev–Trinajstić information content (AvgIpc) is 3.13. The molecule has 0 radical (unpaired) electrons. The number of hydrogen-bond donors (Lipinski definition) is 2. The van der Waals surface area contributed by atoms with Crippen molar-refractivity contribution in [3.05, 3.63) is 46.2 Å². The highest BCUT2D eigenvalue weighted by Crippen LogP contribution is 2.24. The van der Waals surface area contributed by atoms with Crippen molar-refractivity contribution in [1.82, 2.24) is 24.0 Å². The number of nitrogens with one attached hydrogen (secondary N) is 1. The maximum atomic E-state index is 13.4. The van der Waals surface area contributed by atoms with Gasteiger partial charge in [-0.2, -0.15) is 9.97 Å². The summed E-state index contributed by atoms with van der Waals surface area (Å²) in [6.07, 6.45) is 2.98. The fourth-order valence-electron chi connectivity index (χ4n) is 4.25. The highest BCUT2D eigenvalue weighted by molar-refractivity contribution is 5.75. The van der Waals surface area contributed by atoms with Crippen molar-refractivity contribution >= 4 is 23.1 Å². The molecule has 1 aromatic carbocycles. The second-order valence-corrected chi connectivity index (χ2v) is 8.89. The van der Waals surface area contributed by atoms with E-state index >= 15 is 0 Å². The minimum atomic E-state index is -0.0962. The Morgan fingerprint density at radius 1 is 1.22 bits per heavy atom. The van der Waals surface area contributed by atoms with Crippen LogP contribution < -0.4 is 21.5 Å². The molecule has 0 spiro atoms. The third kappa shape index (κ3) is 4.78. The first-order valence-corrected chi connectivity index (χ1v) is 11.3. The molecule has 4 rings (SSSR count). The third-order valence-electron chi connectivity index (χ3n) is 5.96. The molecule has 32 heavy (non-hydrogen) atoms. The topological polar surface area (TPSA) is 97.2 Å². The number of hydrogen-bond acceptors (Lipinski definition) is 7. The normalized spacial score (nSPS) is 16.8. The van der Waals surface area contributed by atoms with Crippen molar-refractivity contribution in [1.29, 1.82) is 0 Å². The van der Waals surface area contributed by atoms with Crippen molar-refractivity contribution < 1.29 is 0 Å². The molecular weight excluding hydrogens is 404 g/mol. The summed E-state index contributed by atoms with van der Waals surface area (Å²) in [6, 6.07) is 10.3. The number of rotatable bonds is 8. The molecule has 172 valence electrons. The minimum absolute atomic E-state index is 0.0962. The van der Waals surface area contributed by atoms with Crippen LogP contribution in [0.4, 0.5) is 11.9 Å². The first-order chi connectivity index (χ1) is 15.4. The summed E-state index contributed by atoms with van der Waals surface area (Å²) in [6.45, 7) is 3.87. The van der Waals surface area contributed by atoms with Crippen LogP contribution in [0.5, 0.6) is 0 Å². The lowest BCUT2D eigenvalue weighted by Crippen LogP contribution is -2.44. The van der Waals surface area contributed by atoms with Gasteiger partial charge in [0.1, 0.15) is 0 Å². The maximum absolute atomic E-state index is 13.4. The largest absolute Gasteiger partial charge is 0.355 e. The molecular formula is C23H34N8O. The second kappa shape index (κ2) is 9.70. The van der Waals surface area contributed by atoms with Gasteiger partial charge in [-0.15, -0.1) is 0 Å². The number of piperidine rings is 1. The van der Waals surface area contributed by atoms with Crippen LogP contribution in [-0.2, 0) is 13.6 Å².